The standard InChI is InChI=1S/C12H9N3/c1-9-14-11-6-5-10(4-2-3-7-13)8-12(11)15-9/h5-6,8H,3H2,1H3,(H,14,15). The van der Waals surface area contributed by atoms with Gasteiger partial charge in [-0.15, -0.1) is 0 Å². The topological polar surface area (TPSA) is 52.5 Å². The Kier molecular flexibility index (Phi) is 2.39. The van der Waals surface area contributed by atoms with E-state index in [0.717, 1.165) is 22.4 Å². The van der Waals surface area contributed by atoms with Gasteiger partial charge in [0.15, 0.2) is 0 Å². The van der Waals surface area contributed by atoms with E-state index in [0.29, 0.717) is 0 Å². The van der Waals surface area contributed by atoms with Crippen molar-refractivity contribution < 1.29 is 0 Å². The van der Waals surface area contributed by atoms with Gasteiger partial charge in [0.2, 0.25) is 0 Å². The minimum absolute atomic E-state index is 0.264. The van der Waals surface area contributed by atoms with Crippen molar-refractivity contribution in [3.05, 3.63) is 29.6 Å². The van der Waals surface area contributed by atoms with Gasteiger partial charge in [-0.2, -0.15) is 5.26 Å². The number of rotatable bonds is 0. The van der Waals surface area contributed by atoms with Crippen molar-refractivity contribution in [1.82, 2.24) is 9.97 Å². The molecule has 0 radical (unpaired) electrons. The van der Waals surface area contributed by atoms with Crippen LogP contribution in [0.5, 0.6) is 0 Å². The van der Waals surface area contributed by atoms with Crippen LogP contribution in [0.3, 0.4) is 0 Å². The summed E-state index contributed by atoms with van der Waals surface area (Å²) in [6, 6.07) is 7.77. The lowest BCUT2D eigenvalue weighted by Crippen LogP contribution is -1.75. The van der Waals surface area contributed by atoms with Crippen LogP contribution in [-0.4, -0.2) is 9.97 Å². The molecule has 0 spiro atoms. The second-order valence-corrected chi connectivity index (χ2v) is 3.19. The molecule has 2 aromatic rings. The number of nitrogens with one attached hydrogen (secondary N) is 1. The molecule has 3 heteroatoms. The lowest BCUT2D eigenvalue weighted by atomic mass is 10.2. The average molecular weight is 195 g/mol. The lowest BCUT2D eigenvalue weighted by Gasteiger charge is -1.89. The number of benzene rings is 1. The highest BCUT2D eigenvalue weighted by molar-refractivity contribution is 5.76. The molecule has 15 heavy (non-hydrogen) atoms. The molecule has 0 saturated heterocycles. The molecule has 0 amide bonds. The summed E-state index contributed by atoms with van der Waals surface area (Å²) < 4.78 is 0. The molecule has 0 bridgehead atoms. The van der Waals surface area contributed by atoms with Gasteiger partial charge >= 0.3 is 0 Å². The van der Waals surface area contributed by atoms with E-state index in [4.69, 9.17) is 5.26 Å². The van der Waals surface area contributed by atoms with Crippen molar-refractivity contribution in [3.8, 4) is 17.9 Å². The van der Waals surface area contributed by atoms with Crippen LogP contribution < -0.4 is 0 Å². The Morgan fingerprint density at radius 2 is 2.33 bits per heavy atom. The first-order chi connectivity index (χ1) is 7.29. The van der Waals surface area contributed by atoms with Crippen LogP contribution in [0.2, 0.25) is 0 Å². The summed E-state index contributed by atoms with van der Waals surface area (Å²) in [5.74, 6) is 6.60. The third kappa shape index (κ3) is 1.98. The SMILES string of the molecule is Cc1nc2ccc(C#CCC#N)cc2[nH]1. The second kappa shape index (κ2) is 3.86. The largest absolute Gasteiger partial charge is 0.342 e. The monoisotopic (exact) mass is 195 g/mol. The van der Waals surface area contributed by atoms with E-state index < -0.39 is 0 Å². The van der Waals surface area contributed by atoms with E-state index in [2.05, 4.69) is 21.8 Å². The first-order valence-electron chi connectivity index (χ1n) is 4.62. The van der Waals surface area contributed by atoms with Crippen LogP contribution in [0.25, 0.3) is 11.0 Å². The van der Waals surface area contributed by atoms with E-state index in [9.17, 15) is 0 Å². The van der Waals surface area contributed by atoms with Gasteiger partial charge < -0.3 is 4.98 Å². The minimum Gasteiger partial charge on any atom is -0.342 e. The molecule has 72 valence electrons. The molecule has 1 aromatic carbocycles. The van der Waals surface area contributed by atoms with Crippen molar-refractivity contribution in [2.45, 2.75) is 13.3 Å². The molecule has 0 aliphatic heterocycles. The average Bonchev–Trinajstić information content (AvgIpc) is 2.57. The van der Waals surface area contributed by atoms with Gasteiger partial charge in [0, 0.05) is 5.56 Å². The van der Waals surface area contributed by atoms with Crippen LogP contribution in [0.1, 0.15) is 17.8 Å². The number of hydrogen-bond acceptors (Lipinski definition) is 2. The van der Waals surface area contributed by atoms with Crippen LogP contribution >= 0.6 is 0 Å². The number of fused-ring (bicyclic) bond motifs is 1. The number of nitriles is 1. The predicted molar refractivity (Wildman–Crippen MR) is 57.9 cm³/mol. The van der Waals surface area contributed by atoms with Crippen molar-refractivity contribution in [3.63, 3.8) is 0 Å². The van der Waals surface area contributed by atoms with Crippen molar-refractivity contribution >= 4 is 11.0 Å². The van der Waals surface area contributed by atoms with E-state index in [-0.39, 0.29) is 6.42 Å². The van der Waals surface area contributed by atoms with E-state index >= 15 is 0 Å². The first kappa shape index (κ1) is 9.30. The molecule has 0 unspecified atom stereocenters. The molecule has 0 aliphatic carbocycles. The molecule has 1 N–H and O–H groups in total. The fourth-order valence-corrected chi connectivity index (χ4v) is 1.40. The normalized spacial score (nSPS) is 9.33. The highest BCUT2D eigenvalue weighted by Crippen LogP contribution is 2.12. The Hall–Kier alpha value is -2.26. The number of aromatic nitrogens is 2. The highest BCUT2D eigenvalue weighted by Gasteiger charge is 1.98. The number of H-pyrrole nitrogens is 1. The Morgan fingerprint density at radius 1 is 1.47 bits per heavy atom. The highest BCUT2D eigenvalue weighted by atomic mass is 14.9. The fraction of sp³-hybridized carbons (Fsp3) is 0.167. The number of aryl methyl sites for hydroxylation is 1. The molecule has 0 fully saturated rings. The molecule has 1 aromatic heterocycles. The second-order valence-electron chi connectivity index (χ2n) is 3.19. The van der Waals surface area contributed by atoms with Gasteiger partial charge in [0.1, 0.15) is 5.82 Å². The molecule has 0 aliphatic rings. The van der Waals surface area contributed by atoms with Crippen molar-refractivity contribution in [1.29, 1.82) is 5.26 Å². The minimum atomic E-state index is 0.264. The Balaban J connectivity index is 2.40. The van der Waals surface area contributed by atoms with Gasteiger partial charge in [-0.05, 0) is 25.1 Å². The Labute approximate surface area is 87.8 Å². The maximum absolute atomic E-state index is 8.35. The first-order valence-corrected chi connectivity index (χ1v) is 4.62. The van der Waals surface area contributed by atoms with Crippen molar-refractivity contribution in [2.75, 3.05) is 0 Å². The maximum atomic E-state index is 8.35. The lowest BCUT2D eigenvalue weighted by molar-refractivity contribution is 1.17. The summed E-state index contributed by atoms with van der Waals surface area (Å²) in [4.78, 5) is 7.44. The number of imidazole rings is 1. The molecule has 3 nitrogen and oxygen atoms in total. The number of nitrogens with zero attached hydrogens (tertiary/aromatic N) is 2. The molecular weight excluding hydrogens is 186 g/mol. The molecule has 0 atom stereocenters. The summed E-state index contributed by atoms with van der Waals surface area (Å²) >= 11 is 0. The zero-order valence-electron chi connectivity index (χ0n) is 8.33. The van der Waals surface area contributed by atoms with Gasteiger partial charge in [-0.1, -0.05) is 11.8 Å². The maximum Gasteiger partial charge on any atom is 0.104 e. The fourth-order valence-electron chi connectivity index (χ4n) is 1.40. The zero-order valence-corrected chi connectivity index (χ0v) is 8.33. The predicted octanol–water partition coefficient (Wildman–Crippen LogP) is 2.14. The van der Waals surface area contributed by atoms with Gasteiger partial charge in [0.05, 0.1) is 23.5 Å². The third-order valence-electron chi connectivity index (χ3n) is 2.00. The summed E-state index contributed by atoms with van der Waals surface area (Å²) in [6.07, 6.45) is 0.264. The third-order valence-corrected chi connectivity index (χ3v) is 2.00. The molecule has 2 rings (SSSR count). The summed E-state index contributed by atoms with van der Waals surface area (Å²) in [7, 11) is 0. The molecule has 0 saturated carbocycles. The summed E-state index contributed by atoms with van der Waals surface area (Å²) in [5, 5.41) is 8.35. The summed E-state index contributed by atoms with van der Waals surface area (Å²) in [6.45, 7) is 1.92. The van der Waals surface area contributed by atoms with E-state index in [1.807, 2.05) is 31.2 Å². The Bertz CT molecular complexity index is 591. The van der Waals surface area contributed by atoms with Gasteiger partial charge in [-0.25, -0.2) is 4.98 Å². The Morgan fingerprint density at radius 3 is 3.13 bits per heavy atom. The van der Waals surface area contributed by atoms with E-state index in [1.54, 1.807) is 0 Å². The quantitative estimate of drug-likeness (QED) is 0.655. The van der Waals surface area contributed by atoms with E-state index in [1.165, 1.54) is 0 Å². The molecular formula is C12H9N3. The van der Waals surface area contributed by atoms with Crippen LogP contribution in [0.4, 0.5) is 0 Å². The summed E-state index contributed by atoms with van der Waals surface area (Å²) in [5.41, 5.74) is 2.83. The molecule has 1 heterocycles. The van der Waals surface area contributed by atoms with Crippen molar-refractivity contribution in [2.24, 2.45) is 0 Å². The van der Waals surface area contributed by atoms with Crippen LogP contribution in [-0.2, 0) is 0 Å². The van der Waals surface area contributed by atoms with Gasteiger partial charge in [-0.3, -0.25) is 0 Å². The van der Waals surface area contributed by atoms with Gasteiger partial charge in [0.25, 0.3) is 0 Å². The zero-order chi connectivity index (χ0) is 10.7. The number of aromatic amines is 1. The smallest absolute Gasteiger partial charge is 0.104 e. The number of hydrogen-bond donors (Lipinski definition) is 1. The van der Waals surface area contributed by atoms with Crippen LogP contribution in [0.15, 0.2) is 18.2 Å². The van der Waals surface area contributed by atoms with Crippen LogP contribution in [0, 0.1) is 30.1 Å².